The van der Waals surface area contributed by atoms with Gasteiger partial charge in [0.1, 0.15) is 23.0 Å². The first-order valence-electron chi connectivity index (χ1n) is 8.47. The average molecular weight is 411 g/mol. The Bertz CT molecular complexity index is 1200. The van der Waals surface area contributed by atoms with Crippen molar-refractivity contribution < 1.29 is 34.4 Å². The second-order valence-corrected chi connectivity index (χ2v) is 7.07. The Balaban J connectivity index is 1.90. The summed E-state index contributed by atoms with van der Waals surface area (Å²) in [5, 5.41) is 28.9. The molecule has 3 aromatic carbocycles. The monoisotopic (exact) mass is 410 g/mol. The van der Waals surface area contributed by atoms with E-state index in [1.165, 1.54) is 36.4 Å². The number of ether oxygens (including phenoxy) is 2. The third kappa shape index (κ3) is 2.19. The van der Waals surface area contributed by atoms with E-state index in [1.807, 2.05) is 0 Å². The summed E-state index contributed by atoms with van der Waals surface area (Å²) in [6.07, 6.45) is 0. The third-order valence-electron chi connectivity index (χ3n) is 5.11. The van der Waals surface area contributed by atoms with Gasteiger partial charge in [0.15, 0.2) is 5.60 Å². The molecule has 0 fully saturated rings. The van der Waals surface area contributed by atoms with Crippen molar-refractivity contribution in [3.8, 4) is 23.0 Å². The summed E-state index contributed by atoms with van der Waals surface area (Å²) in [6.45, 7) is 0. The van der Waals surface area contributed by atoms with Gasteiger partial charge in [-0.3, -0.25) is 0 Å². The summed E-state index contributed by atoms with van der Waals surface area (Å²) in [5.74, 6) is -1.73. The Labute approximate surface area is 168 Å². The van der Waals surface area contributed by atoms with Crippen LogP contribution in [0.1, 0.15) is 37.4 Å². The number of carbonyl (C=O) groups excluding carboxylic acids is 1. The van der Waals surface area contributed by atoms with Crippen LogP contribution in [0.4, 0.5) is 0 Å². The number of phenolic OH excluding ortho intramolecular Hbond substituents is 2. The summed E-state index contributed by atoms with van der Waals surface area (Å²) in [4.78, 5) is 24.3. The molecule has 0 aromatic heterocycles. The molecule has 0 radical (unpaired) electrons. The highest BCUT2D eigenvalue weighted by Crippen LogP contribution is 2.57. The molecule has 3 N–H and O–H groups in total. The zero-order valence-electron chi connectivity index (χ0n) is 14.5. The van der Waals surface area contributed by atoms with Crippen LogP contribution in [0.15, 0.2) is 48.5 Å². The number of aromatic hydroxyl groups is 2. The number of benzene rings is 3. The molecule has 7 nitrogen and oxygen atoms in total. The fraction of sp³-hybridized carbons (Fsp3) is 0.0476. The third-order valence-corrected chi connectivity index (χ3v) is 5.50. The molecule has 2 heterocycles. The molecule has 0 saturated heterocycles. The van der Waals surface area contributed by atoms with Crippen LogP contribution >= 0.6 is 11.6 Å². The van der Waals surface area contributed by atoms with Gasteiger partial charge in [0.2, 0.25) is 0 Å². The second-order valence-electron chi connectivity index (χ2n) is 6.69. The van der Waals surface area contributed by atoms with E-state index >= 15 is 0 Å². The minimum Gasteiger partial charge on any atom is -0.508 e. The molecule has 0 bridgehead atoms. The lowest BCUT2D eigenvalue weighted by Gasteiger charge is -2.36. The van der Waals surface area contributed by atoms with Crippen LogP contribution in [-0.2, 0) is 10.3 Å². The minimum absolute atomic E-state index is 0.0495. The summed E-state index contributed by atoms with van der Waals surface area (Å²) in [6, 6.07) is 11.5. The van der Waals surface area contributed by atoms with Crippen molar-refractivity contribution in [2.45, 2.75) is 5.60 Å². The van der Waals surface area contributed by atoms with E-state index < -0.39 is 17.5 Å². The Morgan fingerprint density at radius 2 is 1.45 bits per heavy atom. The minimum atomic E-state index is -1.47. The summed E-state index contributed by atoms with van der Waals surface area (Å²) >= 11 is 6.26. The Kier molecular flexibility index (Phi) is 3.39. The molecule has 0 amide bonds. The zero-order valence-corrected chi connectivity index (χ0v) is 15.2. The van der Waals surface area contributed by atoms with Gasteiger partial charge in [-0.05, 0) is 30.3 Å². The Hall–Kier alpha value is -3.71. The van der Waals surface area contributed by atoms with Crippen molar-refractivity contribution in [1.29, 1.82) is 0 Å². The predicted octanol–water partition coefficient (Wildman–Crippen LogP) is 4.02. The van der Waals surface area contributed by atoms with E-state index in [2.05, 4.69) is 0 Å². The average Bonchev–Trinajstić information content (AvgIpc) is 2.95. The largest absolute Gasteiger partial charge is 0.508 e. The first kappa shape index (κ1) is 17.4. The van der Waals surface area contributed by atoms with Crippen LogP contribution in [-0.4, -0.2) is 27.3 Å². The van der Waals surface area contributed by atoms with E-state index in [-0.39, 0.29) is 39.1 Å². The quantitative estimate of drug-likeness (QED) is 0.519. The molecule has 5 rings (SSSR count). The highest BCUT2D eigenvalue weighted by Gasteiger charge is 2.54. The molecular formula is C21H11ClO7. The topological polar surface area (TPSA) is 113 Å². The number of carboxylic acid groups (broad SMARTS) is 1. The van der Waals surface area contributed by atoms with Crippen LogP contribution in [0.25, 0.3) is 0 Å². The van der Waals surface area contributed by atoms with Gasteiger partial charge in [-0.2, -0.15) is 0 Å². The fourth-order valence-corrected chi connectivity index (χ4v) is 4.24. The number of hydrogen-bond acceptors (Lipinski definition) is 6. The van der Waals surface area contributed by atoms with Gasteiger partial charge in [-0.15, -0.1) is 0 Å². The lowest BCUT2D eigenvalue weighted by Crippen LogP contribution is -2.32. The molecule has 8 heteroatoms. The summed E-state index contributed by atoms with van der Waals surface area (Å²) < 4.78 is 11.7. The van der Waals surface area contributed by atoms with Crippen molar-refractivity contribution >= 4 is 23.5 Å². The number of halogens is 1. The number of rotatable bonds is 1. The molecular weight excluding hydrogens is 400 g/mol. The van der Waals surface area contributed by atoms with Crippen molar-refractivity contribution in [1.82, 2.24) is 0 Å². The Morgan fingerprint density at radius 1 is 0.897 bits per heavy atom. The lowest BCUT2D eigenvalue weighted by molar-refractivity contribution is 0.0224. The highest BCUT2D eigenvalue weighted by molar-refractivity contribution is 6.37. The molecule has 144 valence electrons. The van der Waals surface area contributed by atoms with Crippen molar-refractivity contribution in [2.24, 2.45) is 0 Å². The number of hydrogen-bond donors (Lipinski definition) is 3. The molecule has 0 saturated carbocycles. The molecule has 2 aliphatic rings. The van der Waals surface area contributed by atoms with Gasteiger partial charge in [0.05, 0.1) is 16.1 Å². The van der Waals surface area contributed by atoms with Gasteiger partial charge < -0.3 is 24.8 Å². The number of carboxylic acids is 1. The highest BCUT2D eigenvalue weighted by atomic mass is 35.5. The van der Waals surface area contributed by atoms with Gasteiger partial charge in [0.25, 0.3) is 0 Å². The molecule has 0 unspecified atom stereocenters. The molecule has 0 atom stereocenters. The van der Waals surface area contributed by atoms with E-state index in [4.69, 9.17) is 21.1 Å². The standard InChI is InChI=1S/C21H11ClO7/c22-18-11(19(25)26)3-6-14-17(18)20(27)29-21(14)12-4-1-9(23)7-15(12)28-16-8-10(24)2-5-13(16)21/h1-8,23-24H,(H,25,26). The van der Waals surface area contributed by atoms with E-state index in [1.54, 1.807) is 12.1 Å². The van der Waals surface area contributed by atoms with Gasteiger partial charge in [0, 0.05) is 28.8 Å². The lowest BCUT2D eigenvalue weighted by atomic mass is 9.77. The number of aromatic carboxylic acids is 1. The van der Waals surface area contributed by atoms with Crippen LogP contribution in [0.3, 0.4) is 0 Å². The first-order valence-corrected chi connectivity index (χ1v) is 8.85. The van der Waals surface area contributed by atoms with E-state index in [0.29, 0.717) is 16.7 Å². The SMILES string of the molecule is O=C(O)c1ccc2c(c1Cl)C(=O)OC21c2ccc(O)cc2Oc2cc(O)ccc21. The maximum Gasteiger partial charge on any atom is 0.341 e. The van der Waals surface area contributed by atoms with Crippen molar-refractivity contribution in [3.05, 3.63) is 81.4 Å². The van der Waals surface area contributed by atoms with Crippen LogP contribution in [0.5, 0.6) is 23.0 Å². The smallest absolute Gasteiger partial charge is 0.341 e. The van der Waals surface area contributed by atoms with Crippen LogP contribution in [0.2, 0.25) is 5.02 Å². The first-order chi connectivity index (χ1) is 13.8. The normalized spacial score (nSPS) is 15.1. The number of fused-ring (bicyclic) bond motifs is 6. The van der Waals surface area contributed by atoms with E-state index in [0.717, 1.165) is 0 Å². The predicted molar refractivity (Wildman–Crippen MR) is 100.0 cm³/mol. The number of carbonyl (C=O) groups is 2. The zero-order chi connectivity index (χ0) is 20.5. The molecule has 1 spiro atoms. The maximum atomic E-state index is 12.8. The molecule has 29 heavy (non-hydrogen) atoms. The maximum absolute atomic E-state index is 12.8. The van der Waals surface area contributed by atoms with Crippen molar-refractivity contribution in [2.75, 3.05) is 0 Å². The number of esters is 1. The molecule has 0 aliphatic carbocycles. The van der Waals surface area contributed by atoms with Crippen LogP contribution < -0.4 is 4.74 Å². The van der Waals surface area contributed by atoms with Gasteiger partial charge >= 0.3 is 11.9 Å². The molecule has 3 aromatic rings. The van der Waals surface area contributed by atoms with Crippen molar-refractivity contribution in [3.63, 3.8) is 0 Å². The number of phenols is 2. The Morgan fingerprint density at radius 3 is 2.00 bits per heavy atom. The van der Waals surface area contributed by atoms with E-state index in [9.17, 15) is 24.9 Å². The van der Waals surface area contributed by atoms with Gasteiger partial charge in [-0.1, -0.05) is 17.7 Å². The summed E-state index contributed by atoms with van der Waals surface area (Å²) in [7, 11) is 0. The second kappa shape index (κ2) is 5.65. The fourth-order valence-electron chi connectivity index (χ4n) is 3.92. The van der Waals surface area contributed by atoms with Crippen LogP contribution in [0, 0.1) is 0 Å². The molecule has 2 aliphatic heterocycles. The van der Waals surface area contributed by atoms with Gasteiger partial charge in [-0.25, -0.2) is 9.59 Å². The summed E-state index contributed by atoms with van der Waals surface area (Å²) in [5.41, 5.74) is -0.536.